The zero-order valence-corrected chi connectivity index (χ0v) is 17.5. The number of nitrogens with one attached hydrogen (secondary N) is 2. The van der Waals surface area contributed by atoms with E-state index in [4.69, 9.17) is 32.7 Å². The molecule has 0 saturated carbocycles. The Balaban J connectivity index is 1.65. The molecule has 0 radical (unpaired) electrons. The van der Waals surface area contributed by atoms with Crippen LogP contribution in [0.15, 0.2) is 12.1 Å². The van der Waals surface area contributed by atoms with Gasteiger partial charge in [0.2, 0.25) is 0 Å². The predicted molar refractivity (Wildman–Crippen MR) is 108 cm³/mol. The average molecular weight is 445 g/mol. The molecular weight excluding hydrogens is 427 g/mol. The number of carbonyl (C=O) groups excluding carboxylic acids is 2. The second kappa shape index (κ2) is 8.95. The van der Waals surface area contributed by atoms with Crippen molar-refractivity contribution in [2.75, 3.05) is 38.3 Å². The number of anilines is 1. The number of rotatable bonds is 4. The SMILES string of the molecule is COc1c(Cl)cc(C(=O)NNC(=O)c2sc(N3CCOCC3)nc2C)cc1Cl. The maximum absolute atomic E-state index is 12.5. The predicted octanol–water partition coefficient (Wildman–Crippen LogP) is 2.68. The summed E-state index contributed by atoms with van der Waals surface area (Å²) in [5, 5.41) is 1.14. The van der Waals surface area contributed by atoms with E-state index in [2.05, 4.69) is 20.7 Å². The first-order valence-electron chi connectivity index (χ1n) is 8.34. The minimum absolute atomic E-state index is 0.186. The Morgan fingerprint density at radius 3 is 2.39 bits per heavy atom. The Morgan fingerprint density at radius 1 is 1.18 bits per heavy atom. The number of morpholine rings is 1. The van der Waals surface area contributed by atoms with E-state index in [0.717, 1.165) is 18.2 Å². The number of thiazole rings is 1. The highest BCUT2D eigenvalue weighted by molar-refractivity contribution is 7.17. The number of carbonyl (C=O) groups is 2. The van der Waals surface area contributed by atoms with Crippen LogP contribution in [-0.2, 0) is 4.74 Å². The van der Waals surface area contributed by atoms with Crippen molar-refractivity contribution in [2.45, 2.75) is 6.92 Å². The van der Waals surface area contributed by atoms with Gasteiger partial charge in [-0.05, 0) is 19.1 Å². The lowest BCUT2D eigenvalue weighted by molar-refractivity contribution is 0.0848. The van der Waals surface area contributed by atoms with Gasteiger partial charge in [0.25, 0.3) is 11.8 Å². The molecule has 2 aromatic rings. The lowest BCUT2D eigenvalue weighted by Gasteiger charge is -2.25. The van der Waals surface area contributed by atoms with Crippen LogP contribution >= 0.6 is 34.5 Å². The van der Waals surface area contributed by atoms with Crippen LogP contribution in [0.3, 0.4) is 0 Å². The Labute approximate surface area is 175 Å². The number of hydrogen-bond donors (Lipinski definition) is 2. The molecule has 0 unspecified atom stereocenters. The third-order valence-electron chi connectivity index (χ3n) is 4.03. The second-order valence-electron chi connectivity index (χ2n) is 5.89. The fourth-order valence-electron chi connectivity index (χ4n) is 2.61. The summed E-state index contributed by atoms with van der Waals surface area (Å²) < 4.78 is 10.4. The normalized spacial score (nSPS) is 13.9. The fraction of sp³-hybridized carbons (Fsp3) is 0.353. The average Bonchev–Trinajstić information content (AvgIpc) is 3.08. The van der Waals surface area contributed by atoms with Crippen molar-refractivity contribution >= 4 is 51.5 Å². The van der Waals surface area contributed by atoms with Crippen LogP contribution in [0.5, 0.6) is 5.75 Å². The Kier molecular flexibility index (Phi) is 6.61. The van der Waals surface area contributed by atoms with Crippen molar-refractivity contribution in [2.24, 2.45) is 0 Å². The van der Waals surface area contributed by atoms with E-state index in [1.807, 2.05) is 0 Å². The van der Waals surface area contributed by atoms with E-state index < -0.39 is 11.8 Å². The van der Waals surface area contributed by atoms with Gasteiger partial charge in [0.15, 0.2) is 10.9 Å². The number of amides is 2. The van der Waals surface area contributed by atoms with Gasteiger partial charge in [-0.3, -0.25) is 20.4 Å². The number of aryl methyl sites for hydroxylation is 1. The van der Waals surface area contributed by atoms with E-state index in [1.54, 1.807) is 6.92 Å². The first-order valence-corrected chi connectivity index (χ1v) is 9.91. The molecule has 1 aliphatic rings. The summed E-state index contributed by atoms with van der Waals surface area (Å²) >= 11 is 13.3. The standard InChI is InChI=1S/C17H18Cl2N4O4S/c1-9-14(28-17(20-9)23-3-5-27-6-4-23)16(25)22-21-15(24)10-7-11(18)13(26-2)12(19)8-10/h7-8H,3-6H2,1-2H3,(H,21,24)(H,22,25). The molecule has 1 aromatic carbocycles. The van der Waals surface area contributed by atoms with Gasteiger partial charge in [0.05, 0.1) is 36.1 Å². The third kappa shape index (κ3) is 4.49. The molecule has 1 saturated heterocycles. The van der Waals surface area contributed by atoms with Crippen LogP contribution < -0.4 is 20.5 Å². The number of hydrazine groups is 1. The third-order valence-corrected chi connectivity index (χ3v) is 5.81. The molecule has 0 aliphatic carbocycles. The van der Waals surface area contributed by atoms with E-state index in [9.17, 15) is 9.59 Å². The Hall–Kier alpha value is -2.07. The molecule has 8 nitrogen and oxygen atoms in total. The number of benzene rings is 1. The molecule has 28 heavy (non-hydrogen) atoms. The van der Waals surface area contributed by atoms with Gasteiger partial charge in [0, 0.05) is 18.7 Å². The van der Waals surface area contributed by atoms with Gasteiger partial charge in [-0.1, -0.05) is 34.5 Å². The molecule has 2 N–H and O–H groups in total. The van der Waals surface area contributed by atoms with Gasteiger partial charge in [-0.25, -0.2) is 4.98 Å². The van der Waals surface area contributed by atoms with Crippen LogP contribution in [0, 0.1) is 6.92 Å². The van der Waals surface area contributed by atoms with Crippen LogP contribution in [0.1, 0.15) is 25.7 Å². The van der Waals surface area contributed by atoms with Crippen molar-refractivity contribution < 1.29 is 19.1 Å². The molecule has 11 heteroatoms. The number of ether oxygens (including phenoxy) is 2. The fourth-order valence-corrected chi connectivity index (χ4v) is 4.27. The highest BCUT2D eigenvalue weighted by Crippen LogP contribution is 2.33. The number of methoxy groups -OCH3 is 1. The van der Waals surface area contributed by atoms with Crippen molar-refractivity contribution in [3.63, 3.8) is 0 Å². The molecular formula is C17H18Cl2N4O4S. The molecule has 2 heterocycles. The van der Waals surface area contributed by atoms with Gasteiger partial charge < -0.3 is 14.4 Å². The van der Waals surface area contributed by atoms with Crippen molar-refractivity contribution in [1.82, 2.24) is 15.8 Å². The zero-order valence-electron chi connectivity index (χ0n) is 15.2. The van der Waals surface area contributed by atoms with Crippen LogP contribution in [0.2, 0.25) is 10.0 Å². The van der Waals surface area contributed by atoms with Crippen LogP contribution in [0.4, 0.5) is 5.13 Å². The highest BCUT2D eigenvalue weighted by Gasteiger charge is 2.21. The van der Waals surface area contributed by atoms with Crippen LogP contribution in [0.25, 0.3) is 0 Å². The lowest BCUT2D eigenvalue weighted by Crippen LogP contribution is -2.41. The lowest BCUT2D eigenvalue weighted by atomic mass is 10.2. The molecule has 0 atom stereocenters. The summed E-state index contributed by atoms with van der Waals surface area (Å²) in [6, 6.07) is 2.81. The van der Waals surface area contributed by atoms with E-state index >= 15 is 0 Å². The number of hydrogen-bond acceptors (Lipinski definition) is 7. The molecule has 0 spiro atoms. The minimum atomic E-state index is -0.560. The van der Waals surface area contributed by atoms with Gasteiger partial charge >= 0.3 is 0 Å². The largest absolute Gasteiger partial charge is 0.494 e. The second-order valence-corrected chi connectivity index (χ2v) is 7.68. The maximum Gasteiger partial charge on any atom is 0.281 e. The topological polar surface area (TPSA) is 92.8 Å². The number of halogens is 2. The molecule has 1 aliphatic heterocycles. The van der Waals surface area contributed by atoms with Crippen molar-refractivity contribution in [3.8, 4) is 5.75 Å². The smallest absolute Gasteiger partial charge is 0.281 e. The van der Waals surface area contributed by atoms with Crippen LogP contribution in [-0.4, -0.2) is 50.2 Å². The minimum Gasteiger partial charge on any atom is -0.494 e. The van der Waals surface area contributed by atoms with Crippen molar-refractivity contribution in [1.29, 1.82) is 0 Å². The summed E-state index contributed by atoms with van der Waals surface area (Å²) in [7, 11) is 1.43. The van der Waals surface area contributed by atoms with E-state index in [-0.39, 0.29) is 21.4 Å². The molecule has 0 bridgehead atoms. The molecule has 1 aromatic heterocycles. The summed E-state index contributed by atoms with van der Waals surface area (Å²) in [6.07, 6.45) is 0. The van der Waals surface area contributed by atoms with E-state index in [0.29, 0.717) is 23.8 Å². The molecule has 150 valence electrons. The molecule has 2 amide bonds. The summed E-state index contributed by atoms with van der Waals surface area (Å²) in [5.41, 5.74) is 5.52. The monoisotopic (exact) mass is 444 g/mol. The van der Waals surface area contributed by atoms with E-state index in [1.165, 1.54) is 30.6 Å². The van der Waals surface area contributed by atoms with Gasteiger partial charge in [-0.15, -0.1) is 0 Å². The quantitative estimate of drug-likeness (QED) is 0.704. The highest BCUT2D eigenvalue weighted by atomic mass is 35.5. The Morgan fingerprint density at radius 2 is 1.79 bits per heavy atom. The van der Waals surface area contributed by atoms with Gasteiger partial charge in [0.1, 0.15) is 4.88 Å². The Bertz CT molecular complexity index is 876. The first kappa shape index (κ1) is 20.7. The molecule has 3 rings (SSSR count). The maximum atomic E-state index is 12.5. The number of nitrogens with zero attached hydrogens (tertiary/aromatic N) is 2. The van der Waals surface area contributed by atoms with Gasteiger partial charge in [-0.2, -0.15) is 0 Å². The first-order chi connectivity index (χ1) is 13.4. The molecule has 1 fully saturated rings. The zero-order chi connectivity index (χ0) is 20.3. The number of aromatic nitrogens is 1. The summed E-state index contributed by atoms with van der Waals surface area (Å²) in [6.45, 7) is 4.46. The summed E-state index contributed by atoms with van der Waals surface area (Å²) in [4.78, 5) is 31.7. The summed E-state index contributed by atoms with van der Waals surface area (Å²) in [5.74, 6) is -0.733. The van der Waals surface area contributed by atoms with Crippen molar-refractivity contribution in [3.05, 3.63) is 38.3 Å².